The van der Waals surface area contributed by atoms with Gasteiger partial charge in [0.15, 0.2) is 5.54 Å². The molecule has 0 radical (unpaired) electrons. The lowest BCUT2D eigenvalue weighted by Crippen LogP contribution is -2.50. The fraction of sp³-hybridized carbons (Fsp3) is 0.500. The number of carbonyl (C=O) groups is 1. The highest BCUT2D eigenvalue weighted by Gasteiger charge is 2.37. The molecule has 2 N–H and O–H groups in total. The average Bonchev–Trinajstić information content (AvgIpc) is 2.29. The van der Waals surface area contributed by atoms with E-state index >= 15 is 0 Å². The lowest BCUT2D eigenvalue weighted by atomic mass is 9.95. The monoisotopic (exact) mass is 222 g/mol. The number of nitrogens with zero attached hydrogens (tertiary/aromatic N) is 1. The summed E-state index contributed by atoms with van der Waals surface area (Å²) in [5.74, 6) is -0.911. The Kier molecular flexibility index (Phi) is 4.01. The van der Waals surface area contributed by atoms with Gasteiger partial charge in [-0.15, -0.1) is 0 Å². The number of aromatic nitrogens is 1. The topological polar surface area (TPSA) is 62.2 Å². The summed E-state index contributed by atoms with van der Waals surface area (Å²) < 4.78 is 0. The van der Waals surface area contributed by atoms with Crippen molar-refractivity contribution >= 4 is 5.97 Å². The standard InChI is InChI=1S/C12H18N2O2/c1-4-9(2)14-12(3,11(15)16)10-7-5-6-8-13-10/h5-9,14H,4H2,1-3H3,(H,15,16). The van der Waals surface area contributed by atoms with Crippen molar-refractivity contribution in [3.05, 3.63) is 30.1 Å². The highest BCUT2D eigenvalue weighted by Crippen LogP contribution is 2.19. The van der Waals surface area contributed by atoms with Crippen LogP contribution in [0.3, 0.4) is 0 Å². The van der Waals surface area contributed by atoms with E-state index in [1.165, 1.54) is 0 Å². The molecule has 0 spiro atoms. The van der Waals surface area contributed by atoms with Crippen LogP contribution in [0.2, 0.25) is 0 Å². The molecule has 0 aromatic carbocycles. The van der Waals surface area contributed by atoms with Crippen molar-refractivity contribution < 1.29 is 9.90 Å². The van der Waals surface area contributed by atoms with Crippen LogP contribution in [0.15, 0.2) is 24.4 Å². The van der Waals surface area contributed by atoms with Crippen molar-refractivity contribution in [2.24, 2.45) is 0 Å². The van der Waals surface area contributed by atoms with E-state index in [-0.39, 0.29) is 6.04 Å². The Balaban J connectivity index is 3.02. The molecule has 0 saturated heterocycles. The van der Waals surface area contributed by atoms with Gasteiger partial charge in [0.2, 0.25) is 0 Å². The molecule has 0 bridgehead atoms. The number of hydrogen-bond donors (Lipinski definition) is 2. The number of nitrogens with one attached hydrogen (secondary N) is 1. The van der Waals surface area contributed by atoms with Crippen molar-refractivity contribution in [2.45, 2.75) is 38.8 Å². The first-order valence-electron chi connectivity index (χ1n) is 5.43. The summed E-state index contributed by atoms with van der Waals surface area (Å²) in [4.78, 5) is 15.5. The van der Waals surface area contributed by atoms with E-state index in [4.69, 9.17) is 0 Å². The largest absolute Gasteiger partial charge is 0.480 e. The van der Waals surface area contributed by atoms with Gasteiger partial charge in [0.05, 0.1) is 5.69 Å². The summed E-state index contributed by atoms with van der Waals surface area (Å²) in [5.41, 5.74) is -0.598. The van der Waals surface area contributed by atoms with Crippen LogP contribution in [0.5, 0.6) is 0 Å². The zero-order valence-electron chi connectivity index (χ0n) is 9.90. The second-order valence-corrected chi connectivity index (χ2v) is 4.10. The van der Waals surface area contributed by atoms with E-state index in [1.807, 2.05) is 13.8 Å². The first-order chi connectivity index (χ1) is 7.50. The number of aliphatic carboxylic acids is 1. The van der Waals surface area contributed by atoms with Crippen LogP contribution < -0.4 is 5.32 Å². The number of pyridine rings is 1. The minimum Gasteiger partial charge on any atom is -0.480 e. The van der Waals surface area contributed by atoms with Crippen LogP contribution in [0.4, 0.5) is 0 Å². The predicted octanol–water partition coefficient (Wildman–Crippen LogP) is 1.77. The van der Waals surface area contributed by atoms with Gasteiger partial charge in [-0.2, -0.15) is 0 Å². The van der Waals surface area contributed by atoms with Crippen LogP contribution in [0.1, 0.15) is 32.9 Å². The molecule has 1 heterocycles. The van der Waals surface area contributed by atoms with Crippen LogP contribution in [-0.2, 0) is 10.3 Å². The average molecular weight is 222 g/mol. The van der Waals surface area contributed by atoms with Gasteiger partial charge in [-0.3, -0.25) is 10.3 Å². The van der Waals surface area contributed by atoms with E-state index in [2.05, 4.69) is 10.3 Å². The molecule has 1 aromatic rings. The van der Waals surface area contributed by atoms with E-state index in [0.717, 1.165) is 6.42 Å². The first kappa shape index (κ1) is 12.6. The van der Waals surface area contributed by atoms with Crippen molar-refractivity contribution in [3.63, 3.8) is 0 Å². The second-order valence-electron chi connectivity index (χ2n) is 4.10. The molecule has 0 aliphatic carbocycles. The summed E-state index contributed by atoms with van der Waals surface area (Å²) in [6.07, 6.45) is 2.48. The second kappa shape index (κ2) is 5.07. The SMILES string of the molecule is CCC(C)NC(C)(C(=O)O)c1ccccn1. The molecular formula is C12H18N2O2. The lowest BCUT2D eigenvalue weighted by molar-refractivity contribution is -0.145. The molecule has 0 fully saturated rings. The molecule has 0 aliphatic rings. The first-order valence-corrected chi connectivity index (χ1v) is 5.43. The summed E-state index contributed by atoms with van der Waals surface area (Å²) >= 11 is 0. The van der Waals surface area contributed by atoms with Crippen molar-refractivity contribution in [1.82, 2.24) is 10.3 Å². The number of rotatable bonds is 5. The molecule has 0 aliphatic heterocycles. The van der Waals surface area contributed by atoms with Crippen molar-refractivity contribution in [2.75, 3.05) is 0 Å². The quantitative estimate of drug-likeness (QED) is 0.797. The van der Waals surface area contributed by atoms with Crippen LogP contribution >= 0.6 is 0 Å². The van der Waals surface area contributed by atoms with E-state index in [9.17, 15) is 9.90 Å². The maximum atomic E-state index is 11.4. The van der Waals surface area contributed by atoms with Gasteiger partial charge in [-0.1, -0.05) is 13.0 Å². The van der Waals surface area contributed by atoms with Crippen LogP contribution in [0, 0.1) is 0 Å². The predicted molar refractivity (Wildman–Crippen MR) is 62.1 cm³/mol. The van der Waals surface area contributed by atoms with Crippen LogP contribution in [0.25, 0.3) is 0 Å². The minimum absolute atomic E-state index is 0.128. The van der Waals surface area contributed by atoms with Gasteiger partial charge in [-0.05, 0) is 32.4 Å². The molecule has 4 heteroatoms. The van der Waals surface area contributed by atoms with E-state index in [1.54, 1.807) is 31.3 Å². The lowest BCUT2D eigenvalue weighted by Gasteiger charge is -2.29. The Morgan fingerprint density at radius 1 is 1.62 bits per heavy atom. The third-order valence-electron chi connectivity index (χ3n) is 2.75. The molecule has 0 saturated carbocycles. The summed E-state index contributed by atoms with van der Waals surface area (Å²) in [7, 11) is 0. The third kappa shape index (κ3) is 2.58. The highest BCUT2D eigenvalue weighted by atomic mass is 16.4. The smallest absolute Gasteiger partial charge is 0.329 e. The van der Waals surface area contributed by atoms with Gasteiger partial charge in [0, 0.05) is 12.2 Å². The Morgan fingerprint density at radius 3 is 2.75 bits per heavy atom. The molecule has 2 unspecified atom stereocenters. The maximum Gasteiger partial charge on any atom is 0.329 e. The summed E-state index contributed by atoms with van der Waals surface area (Å²) in [6, 6.07) is 5.42. The van der Waals surface area contributed by atoms with Crippen molar-refractivity contribution in [3.8, 4) is 0 Å². The van der Waals surface area contributed by atoms with Gasteiger partial charge >= 0.3 is 5.97 Å². The number of carboxylic acids is 1. The molecule has 4 nitrogen and oxygen atoms in total. The molecule has 1 aromatic heterocycles. The van der Waals surface area contributed by atoms with E-state index in [0.29, 0.717) is 5.69 Å². The molecule has 16 heavy (non-hydrogen) atoms. The van der Waals surface area contributed by atoms with Gasteiger partial charge in [0.25, 0.3) is 0 Å². The normalized spacial score (nSPS) is 16.4. The Hall–Kier alpha value is -1.42. The molecular weight excluding hydrogens is 204 g/mol. The maximum absolute atomic E-state index is 11.4. The van der Waals surface area contributed by atoms with Crippen molar-refractivity contribution in [1.29, 1.82) is 0 Å². The van der Waals surface area contributed by atoms with E-state index < -0.39 is 11.5 Å². The van der Waals surface area contributed by atoms with Crippen LogP contribution in [-0.4, -0.2) is 22.1 Å². The fourth-order valence-corrected chi connectivity index (χ4v) is 1.50. The minimum atomic E-state index is -1.13. The summed E-state index contributed by atoms with van der Waals surface area (Å²) in [5, 5.41) is 12.4. The number of carboxylic acid groups (broad SMARTS) is 1. The van der Waals surface area contributed by atoms with Gasteiger partial charge in [-0.25, -0.2) is 4.79 Å². The zero-order valence-corrected chi connectivity index (χ0v) is 9.90. The third-order valence-corrected chi connectivity index (χ3v) is 2.75. The number of hydrogen-bond acceptors (Lipinski definition) is 3. The Bertz CT molecular complexity index is 353. The Morgan fingerprint density at radius 2 is 2.31 bits per heavy atom. The fourth-order valence-electron chi connectivity index (χ4n) is 1.50. The zero-order chi connectivity index (χ0) is 12.2. The van der Waals surface area contributed by atoms with Gasteiger partial charge in [0.1, 0.15) is 0 Å². The molecule has 1 rings (SSSR count). The molecule has 0 amide bonds. The molecule has 2 atom stereocenters. The summed E-state index contributed by atoms with van der Waals surface area (Å²) in [6.45, 7) is 5.62. The van der Waals surface area contributed by atoms with Gasteiger partial charge < -0.3 is 5.11 Å². The highest BCUT2D eigenvalue weighted by molar-refractivity contribution is 5.79. The molecule has 88 valence electrons. The Labute approximate surface area is 95.7 Å².